The van der Waals surface area contributed by atoms with Gasteiger partial charge in [0.05, 0.1) is 20.1 Å². The first-order chi connectivity index (χ1) is 30.1. The van der Waals surface area contributed by atoms with Gasteiger partial charge in [-0.2, -0.15) is 0 Å². The van der Waals surface area contributed by atoms with Gasteiger partial charge in [-0.25, -0.2) is 9.59 Å². The highest BCUT2D eigenvalue weighted by atomic mass is 35.5. The van der Waals surface area contributed by atoms with Crippen molar-refractivity contribution in [2.45, 2.75) is 125 Å². The predicted octanol–water partition coefficient (Wildman–Crippen LogP) is 13.2. The summed E-state index contributed by atoms with van der Waals surface area (Å²) in [4.78, 5) is 56.8. The summed E-state index contributed by atoms with van der Waals surface area (Å²) in [5.41, 5.74) is 7.39. The van der Waals surface area contributed by atoms with Crippen molar-refractivity contribution in [2.24, 2.45) is 11.8 Å². The first-order valence-corrected chi connectivity index (χ1v) is 24.4. The Morgan fingerprint density at radius 2 is 0.952 bits per heavy atom. The van der Waals surface area contributed by atoms with Crippen molar-refractivity contribution in [2.75, 3.05) is 13.1 Å². The van der Waals surface area contributed by atoms with Crippen LogP contribution < -0.4 is 0 Å². The zero-order valence-electron chi connectivity index (χ0n) is 35.8. The van der Waals surface area contributed by atoms with Gasteiger partial charge in [-0.05, 0) is 132 Å². The molecule has 2 saturated carbocycles. The molecule has 4 fully saturated rings. The van der Waals surface area contributed by atoms with Gasteiger partial charge in [0.15, 0.2) is 0 Å². The van der Waals surface area contributed by atoms with E-state index in [0.717, 1.165) is 70.2 Å². The lowest BCUT2D eigenvalue weighted by atomic mass is 9.88. The third kappa shape index (κ3) is 8.86. The van der Waals surface area contributed by atoms with Crippen LogP contribution in [0.15, 0.2) is 70.5 Å². The van der Waals surface area contributed by atoms with E-state index in [2.05, 4.69) is 52.0 Å². The highest BCUT2D eigenvalue weighted by Gasteiger charge is 2.52. The van der Waals surface area contributed by atoms with Crippen molar-refractivity contribution in [1.29, 1.82) is 0 Å². The summed E-state index contributed by atoms with van der Waals surface area (Å²) in [5, 5.41) is 21.2. The van der Waals surface area contributed by atoms with Crippen LogP contribution >= 0.6 is 58.2 Å². The number of nitrogens with zero attached hydrogens (tertiary/aromatic N) is 2. The molecule has 8 nitrogen and oxygen atoms in total. The second-order valence-corrected chi connectivity index (χ2v) is 20.8. The van der Waals surface area contributed by atoms with Crippen LogP contribution in [-0.2, 0) is 19.2 Å². The maximum atomic E-state index is 14.0. The molecule has 2 aliphatic heterocycles. The average molecular weight is 951 g/mol. The van der Waals surface area contributed by atoms with Crippen LogP contribution in [0.5, 0.6) is 0 Å². The number of hydrogen-bond donors (Lipinski definition) is 2. The van der Waals surface area contributed by atoms with E-state index < -0.39 is 35.9 Å². The van der Waals surface area contributed by atoms with Gasteiger partial charge in [-0.3, -0.25) is 9.59 Å². The van der Waals surface area contributed by atoms with Crippen molar-refractivity contribution in [1.82, 2.24) is 9.80 Å². The number of carbonyl (C=O) groups is 4. The fraction of sp³-hybridized carbons (Fsp3) is 0.440. The molecule has 0 bridgehead atoms. The quantitative estimate of drug-likeness (QED) is 0.145. The number of halogens is 4. The summed E-state index contributed by atoms with van der Waals surface area (Å²) in [6.45, 7) is 9.36. The number of likely N-dealkylation sites (tertiary alicyclic amines) is 2. The second-order valence-electron chi connectivity index (χ2n) is 18.2. The van der Waals surface area contributed by atoms with E-state index in [1.807, 2.05) is 36.4 Å². The molecule has 2 aliphatic carbocycles. The van der Waals surface area contributed by atoms with Gasteiger partial charge in [-0.15, -0.1) is 0 Å². The summed E-state index contributed by atoms with van der Waals surface area (Å²) >= 11 is 30.7. The van der Waals surface area contributed by atoms with E-state index in [9.17, 15) is 29.4 Å². The van der Waals surface area contributed by atoms with Crippen molar-refractivity contribution in [3.8, 4) is 22.3 Å². The number of rotatable bonds is 12. The van der Waals surface area contributed by atoms with Gasteiger partial charge < -0.3 is 20.0 Å². The van der Waals surface area contributed by atoms with E-state index in [0.29, 0.717) is 68.7 Å². The summed E-state index contributed by atoms with van der Waals surface area (Å²) in [6, 6.07) is 18.7. The molecule has 4 aliphatic rings. The van der Waals surface area contributed by atoms with Crippen LogP contribution in [0.25, 0.3) is 22.3 Å². The van der Waals surface area contributed by atoms with E-state index in [4.69, 9.17) is 46.4 Å². The Hall–Kier alpha value is -3.73. The number of aliphatic carboxylic acids is 2. The van der Waals surface area contributed by atoms with E-state index >= 15 is 0 Å². The maximum Gasteiger partial charge on any atom is 0.326 e. The standard InChI is InChI=1S/C50H52Cl4N2O6S/c1-25(2)27-13-5-7-15-29(27)33-23-39(43(51)45(53)41(33)31-21-35(31)47(57)55-19-11-9-17-37(55)49(59)60)63-40-24-34(30-16-8-6-14-28(30)26(3)4)42(46(54)44(40)52)32-22-36(32)48(58)56-20-12-10-18-38(56)50(61)62/h5-8,13-16,23-26,31-32,35-38H,9-12,17-22H2,1-4H3,(H,59,60)(H,61,62)/t31-,32-,35-,36-,37?,38?/m1/s1. The maximum absolute atomic E-state index is 14.0. The van der Waals surface area contributed by atoms with Crippen molar-refractivity contribution in [3.63, 3.8) is 0 Å². The third-order valence-corrected chi connectivity index (χ3v) is 16.6. The number of piperidine rings is 2. The number of amides is 2. The smallest absolute Gasteiger partial charge is 0.326 e. The molecule has 2 N–H and O–H groups in total. The van der Waals surface area contributed by atoms with E-state index in [1.165, 1.54) is 11.8 Å². The normalized spacial score (nSPS) is 23.3. The predicted molar refractivity (Wildman–Crippen MR) is 252 cm³/mol. The molecule has 0 radical (unpaired) electrons. The number of carbonyl (C=O) groups excluding carboxylic acids is 2. The molecule has 4 aromatic carbocycles. The molecule has 8 rings (SSSR count). The first-order valence-electron chi connectivity index (χ1n) is 22.1. The van der Waals surface area contributed by atoms with E-state index in [-0.39, 0.29) is 35.5 Å². The molecule has 4 aromatic rings. The molecule has 0 aromatic heterocycles. The molecule has 332 valence electrons. The van der Waals surface area contributed by atoms with Crippen molar-refractivity contribution < 1.29 is 29.4 Å². The summed E-state index contributed by atoms with van der Waals surface area (Å²) in [7, 11) is 0. The van der Waals surface area contributed by atoms with Crippen LogP contribution in [0, 0.1) is 11.8 Å². The summed E-state index contributed by atoms with van der Waals surface area (Å²) in [5.74, 6) is -3.31. The molecule has 6 atom stereocenters. The Kier molecular flexibility index (Phi) is 13.6. The zero-order valence-corrected chi connectivity index (χ0v) is 39.6. The molecule has 2 unspecified atom stereocenters. The number of hydrogen-bond acceptors (Lipinski definition) is 5. The SMILES string of the molecule is CC(C)c1ccccc1-c1cc(Sc2cc(-c3ccccc3C(C)C)c([C@@H]3C[C@H]3C(=O)N3CCCCC3C(=O)O)c(Cl)c2Cl)c(Cl)c(Cl)c1[C@@H]1C[C@H]1C(=O)N1CCCCC1C(=O)O. The van der Waals surface area contributed by atoms with Gasteiger partial charge >= 0.3 is 11.9 Å². The van der Waals surface area contributed by atoms with Gasteiger partial charge in [-0.1, -0.05) is 134 Å². The van der Waals surface area contributed by atoms with Crippen LogP contribution in [0.4, 0.5) is 0 Å². The molecule has 13 heteroatoms. The Labute approximate surface area is 393 Å². The monoisotopic (exact) mass is 948 g/mol. The second kappa shape index (κ2) is 18.6. The highest BCUT2D eigenvalue weighted by molar-refractivity contribution is 7.99. The molecular weight excluding hydrogens is 898 g/mol. The van der Waals surface area contributed by atoms with Gasteiger partial charge in [0.25, 0.3) is 0 Å². The Bertz CT molecular complexity index is 2320. The lowest BCUT2D eigenvalue weighted by molar-refractivity contribution is -0.152. The Morgan fingerprint density at radius 3 is 1.32 bits per heavy atom. The topological polar surface area (TPSA) is 115 Å². The highest BCUT2D eigenvalue weighted by Crippen LogP contribution is 2.60. The van der Waals surface area contributed by atoms with Gasteiger partial charge in [0, 0.05) is 34.7 Å². The number of carboxylic acids is 2. The minimum Gasteiger partial charge on any atom is -0.480 e. The van der Waals surface area contributed by atoms with E-state index in [1.54, 1.807) is 9.80 Å². The van der Waals surface area contributed by atoms with Crippen LogP contribution in [-0.4, -0.2) is 68.9 Å². The molecule has 0 spiro atoms. The zero-order chi connectivity index (χ0) is 45.0. The van der Waals surface area contributed by atoms with Crippen molar-refractivity contribution in [3.05, 3.63) is 103 Å². The minimum absolute atomic E-state index is 0.159. The summed E-state index contributed by atoms with van der Waals surface area (Å²) < 4.78 is 0. The van der Waals surface area contributed by atoms with Crippen LogP contribution in [0.3, 0.4) is 0 Å². The average Bonchev–Trinajstić information content (AvgIpc) is 4.22. The minimum atomic E-state index is -0.978. The molecule has 63 heavy (non-hydrogen) atoms. The fourth-order valence-corrected chi connectivity index (χ4v) is 12.4. The third-order valence-electron chi connectivity index (χ3n) is 13.5. The fourth-order valence-electron chi connectivity index (χ4n) is 10.1. The lowest BCUT2D eigenvalue weighted by Gasteiger charge is -2.33. The van der Waals surface area contributed by atoms with Gasteiger partial charge in [0.2, 0.25) is 11.8 Å². The van der Waals surface area contributed by atoms with Crippen LogP contribution in [0.1, 0.15) is 125 Å². The molecule has 2 heterocycles. The number of benzene rings is 4. The molecule has 2 saturated heterocycles. The largest absolute Gasteiger partial charge is 0.480 e. The Balaban J connectivity index is 1.21. The van der Waals surface area contributed by atoms with Gasteiger partial charge in [0.1, 0.15) is 12.1 Å². The lowest BCUT2D eigenvalue weighted by Crippen LogP contribution is -2.48. The first kappa shape index (κ1) is 45.8. The van der Waals surface area contributed by atoms with Crippen molar-refractivity contribution >= 4 is 81.9 Å². The molecule has 2 amide bonds. The number of carboxylic acid groups (broad SMARTS) is 2. The summed E-state index contributed by atoms with van der Waals surface area (Å²) in [6.07, 6.45) is 5.00. The molecular formula is C50H52Cl4N2O6S. The van der Waals surface area contributed by atoms with Crippen LogP contribution in [0.2, 0.25) is 20.1 Å². The Morgan fingerprint density at radius 1 is 0.571 bits per heavy atom.